The average molecular weight is 512 g/mol. The second kappa shape index (κ2) is 11.2. The summed E-state index contributed by atoms with van der Waals surface area (Å²) < 4.78 is 22.6. The molecule has 3 aromatic rings. The number of amides is 1. The number of fused-ring (bicyclic) bond motifs is 2. The molecule has 0 spiro atoms. The van der Waals surface area contributed by atoms with Crippen LogP contribution in [0.1, 0.15) is 64.5 Å². The Hall–Kier alpha value is -3.62. The van der Waals surface area contributed by atoms with Crippen LogP contribution in [0, 0.1) is 18.8 Å². The Morgan fingerprint density at radius 1 is 0.892 bits per heavy atom. The zero-order chi connectivity index (χ0) is 27.5. The van der Waals surface area contributed by atoms with E-state index in [-0.39, 0.29) is 23.3 Å². The number of methoxy groups -OCH3 is 1. The number of aryl methyl sites for hydroxylation is 1. The van der Waals surface area contributed by atoms with Crippen LogP contribution in [0.5, 0.6) is 11.5 Å². The lowest BCUT2D eigenvalue weighted by Gasteiger charge is -2.20. The quantitative estimate of drug-likeness (QED) is 0.277. The summed E-state index contributed by atoms with van der Waals surface area (Å²) in [7, 11) is 1.31. The highest BCUT2D eigenvalue weighted by molar-refractivity contribution is 6.05. The van der Waals surface area contributed by atoms with Crippen LogP contribution >= 0.6 is 0 Å². The maximum atomic E-state index is 12.5. The Kier molecular flexibility index (Phi) is 8.46. The molecule has 9 nitrogen and oxygen atoms in total. The third-order valence-corrected chi connectivity index (χ3v) is 5.21. The summed E-state index contributed by atoms with van der Waals surface area (Å²) in [6.07, 6.45) is -0.622. The van der Waals surface area contributed by atoms with E-state index in [1.165, 1.54) is 7.11 Å². The van der Waals surface area contributed by atoms with Gasteiger partial charge in [-0.2, -0.15) is 0 Å². The van der Waals surface area contributed by atoms with E-state index in [0.717, 1.165) is 10.8 Å². The fourth-order valence-electron chi connectivity index (χ4n) is 3.60. The summed E-state index contributed by atoms with van der Waals surface area (Å²) in [4.78, 5) is 34.1. The van der Waals surface area contributed by atoms with Crippen LogP contribution < -0.4 is 14.8 Å². The van der Waals surface area contributed by atoms with Gasteiger partial charge in [0.15, 0.2) is 5.69 Å². The molecule has 2 aromatic heterocycles. The smallest absolute Gasteiger partial charge is 0.413 e. The number of carbonyl (C=O) groups excluding carboxylic acids is 2. The number of nitrogens with zero attached hydrogens (tertiary/aromatic N) is 2. The van der Waals surface area contributed by atoms with Gasteiger partial charge in [-0.05, 0) is 45.6 Å². The van der Waals surface area contributed by atoms with Gasteiger partial charge < -0.3 is 18.9 Å². The molecule has 0 saturated carbocycles. The Bertz CT molecular complexity index is 1310. The zero-order valence-electron chi connectivity index (χ0n) is 23.1. The summed E-state index contributed by atoms with van der Waals surface area (Å²) in [5.41, 5.74) is 1.30. The monoisotopic (exact) mass is 511 g/mol. The summed E-state index contributed by atoms with van der Waals surface area (Å²) in [6, 6.07) is 5.19. The SMILES string of the molecule is COC(=O)c1cc(OCC(C)C)c2cc3c(OCC(C)C)cc(NC(=O)OC(C)(C)C)nc3c(C)c2n1. The first kappa shape index (κ1) is 28.0. The molecule has 0 aliphatic carbocycles. The third-order valence-electron chi connectivity index (χ3n) is 5.21. The van der Waals surface area contributed by atoms with Gasteiger partial charge in [-0.3, -0.25) is 5.32 Å². The van der Waals surface area contributed by atoms with Crippen LogP contribution in [0.15, 0.2) is 18.2 Å². The number of nitrogens with one attached hydrogen (secondary N) is 1. The van der Waals surface area contributed by atoms with Gasteiger partial charge in [0, 0.05) is 28.5 Å². The Labute approximate surface area is 217 Å². The van der Waals surface area contributed by atoms with Gasteiger partial charge in [0.1, 0.15) is 22.9 Å². The summed E-state index contributed by atoms with van der Waals surface area (Å²) in [5, 5.41) is 4.17. The van der Waals surface area contributed by atoms with E-state index < -0.39 is 17.7 Å². The molecule has 0 aliphatic rings. The minimum atomic E-state index is -0.662. The highest BCUT2D eigenvalue weighted by Gasteiger charge is 2.21. The first-order valence-corrected chi connectivity index (χ1v) is 12.4. The van der Waals surface area contributed by atoms with Crippen molar-refractivity contribution in [2.45, 2.75) is 61.0 Å². The number of aromatic nitrogens is 2. The second-order valence-electron chi connectivity index (χ2n) is 10.8. The predicted octanol–water partition coefficient (Wildman–Crippen LogP) is 6.29. The first-order chi connectivity index (χ1) is 17.3. The van der Waals surface area contributed by atoms with Crippen LogP contribution in [0.2, 0.25) is 0 Å². The molecular weight excluding hydrogens is 474 g/mol. The topological polar surface area (TPSA) is 109 Å². The fourth-order valence-corrected chi connectivity index (χ4v) is 3.60. The summed E-state index contributed by atoms with van der Waals surface area (Å²) >= 11 is 0. The van der Waals surface area contributed by atoms with Gasteiger partial charge in [0.05, 0.1) is 31.4 Å². The van der Waals surface area contributed by atoms with Crippen molar-refractivity contribution >= 4 is 39.7 Å². The molecule has 9 heteroatoms. The lowest BCUT2D eigenvalue weighted by atomic mass is 10.0. The molecule has 3 rings (SSSR count). The molecule has 0 bridgehead atoms. The van der Waals surface area contributed by atoms with Crippen LogP contribution in [0.25, 0.3) is 21.8 Å². The lowest BCUT2D eigenvalue weighted by Crippen LogP contribution is -2.27. The van der Waals surface area contributed by atoms with E-state index in [0.29, 0.717) is 41.3 Å². The molecule has 0 aliphatic heterocycles. The second-order valence-corrected chi connectivity index (χ2v) is 10.8. The number of pyridine rings is 2. The van der Waals surface area contributed by atoms with Crippen molar-refractivity contribution in [2.75, 3.05) is 25.6 Å². The standard InChI is InChI=1S/C28H37N3O6/c1-15(2)13-35-21-11-20(26(32)34-9)29-24-17(5)25-19(10-18(21)24)22(36-14-16(3)4)12-23(30-25)31-27(33)37-28(6,7)8/h10-12,15-16H,13-14H2,1-9H3,(H,30,31,33). The van der Waals surface area contributed by atoms with E-state index in [1.807, 2.05) is 26.8 Å². The van der Waals surface area contributed by atoms with E-state index >= 15 is 0 Å². The highest BCUT2D eigenvalue weighted by atomic mass is 16.6. The number of rotatable bonds is 8. The van der Waals surface area contributed by atoms with Gasteiger partial charge in [0.2, 0.25) is 0 Å². The van der Waals surface area contributed by atoms with Crippen LogP contribution in [-0.2, 0) is 9.47 Å². The molecule has 0 atom stereocenters. The van der Waals surface area contributed by atoms with Crippen molar-refractivity contribution in [3.05, 3.63) is 29.5 Å². The molecule has 0 radical (unpaired) electrons. The van der Waals surface area contributed by atoms with Crippen molar-refractivity contribution in [2.24, 2.45) is 11.8 Å². The van der Waals surface area contributed by atoms with E-state index in [2.05, 4.69) is 24.1 Å². The number of benzene rings is 1. The zero-order valence-corrected chi connectivity index (χ0v) is 23.1. The summed E-state index contributed by atoms with van der Waals surface area (Å²) in [5.74, 6) is 1.35. The number of anilines is 1. The van der Waals surface area contributed by atoms with Gasteiger partial charge >= 0.3 is 12.1 Å². The Balaban J connectivity index is 2.26. The van der Waals surface area contributed by atoms with Crippen molar-refractivity contribution in [3.8, 4) is 11.5 Å². The normalized spacial score (nSPS) is 11.8. The average Bonchev–Trinajstić information content (AvgIpc) is 2.79. The molecule has 0 saturated heterocycles. The molecular formula is C28H37N3O6. The van der Waals surface area contributed by atoms with Crippen LogP contribution in [-0.4, -0.2) is 48.0 Å². The molecule has 1 amide bonds. The Morgan fingerprint density at radius 3 is 1.95 bits per heavy atom. The van der Waals surface area contributed by atoms with E-state index in [4.69, 9.17) is 23.9 Å². The van der Waals surface area contributed by atoms with Crippen molar-refractivity contribution in [1.29, 1.82) is 0 Å². The molecule has 0 unspecified atom stereocenters. The van der Waals surface area contributed by atoms with Gasteiger partial charge in [-0.15, -0.1) is 0 Å². The number of ether oxygens (including phenoxy) is 4. The summed E-state index contributed by atoms with van der Waals surface area (Å²) in [6.45, 7) is 16.4. The molecule has 1 N–H and O–H groups in total. The largest absolute Gasteiger partial charge is 0.493 e. The molecule has 1 aromatic carbocycles. The Morgan fingerprint density at radius 2 is 1.43 bits per heavy atom. The number of esters is 1. The molecule has 2 heterocycles. The number of carbonyl (C=O) groups is 2. The molecule has 200 valence electrons. The van der Waals surface area contributed by atoms with Crippen LogP contribution in [0.3, 0.4) is 0 Å². The van der Waals surface area contributed by atoms with E-state index in [9.17, 15) is 9.59 Å². The minimum Gasteiger partial charge on any atom is -0.493 e. The van der Waals surface area contributed by atoms with Crippen molar-refractivity contribution in [1.82, 2.24) is 9.97 Å². The van der Waals surface area contributed by atoms with Crippen molar-refractivity contribution in [3.63, 3.8) is 0 Å². The number of hydrogen-bond donors (Lipinski definition) is 1. The fraction of sp³-hybridized carbons (Fsp3) is 0.500. The van der Waals surface area contributed by atoms with Crippen LogP contribution in [0.4, 0.5) is 10.6 Å². The first-order valence-electron chi connectivity index (χ1n) is 12.4. The maximum Gasteiger partial charge on any atom is 0.413 e. The predicted molar refractivity (Wildman–Crippen MR) is 144 cm³/mol. The lowest BCUT2D eigenvalue weighted by molar-refractivity contribution is 0.0591. The van der Waals surface area contributed by atoms with E-state index in [1.54, 1.807) is 32.9 Å². The molecule has 37 heavy (non-hydrogen) atoms. The minimum absolute atomic E-state index is 0.135. The maximum absolute atomic E-state index is 12.5. The van der Waals surface area contributed by atoms with Gasteiger partial charge in [0.25, 0.3) is 0 Å². The highest BCUT2D eigenvalue weighted by Crippen LogP contribution is 2.38. The van der Waals surface area contributed by atoms with Crippen molar-refractivity contribution < 1.29 is 28.5 Å². The van der Waals surface area contributed by atoms with Gasteiger partial charge in [-0.25, -0.2) is 19.6 Å². The third kappa shape index (κ3) is 6.99. The van der Waals surface area contributed by atoms with Gasteiger partial charge in [-0.1, -0.05) is 27.7 Å². The molecule has 0 fully saturated rings. The number of hydrogen-bond acceptors (Lipinski definition) is 8.